The largest absolute Gasteiger partial charge is 0.493 e. The number of guanidine groups is 1. The third kappa shape index (κ3) is 7.29. The number of morpholine rings is 1. The van der Waals surface area contributed by atoms with E-state index in [4.69, 9.17) is 19.2 Å². The zero-order valence-electron chi connectivity index (χ0n) is 17.7. The summed E-state index contributed by atoms with van der Waals surface area (Å²) in [5.41, 5.74) is 1.17. The van der Waals surface area contributed by atoms with Gasteiger partial charge in [-0.1, -0.05) is 6.07 Å². The van der Waals surface area contributed by atoms with Gasteiger partial charge in [-0.3, -0.25) is 9.89 Å². The molecule has 1 unspecified atom stereocenters. The second-order valence-corrected chi connectivity index (χ2v) is 6.80. The Bertz CT molecular complexity index is 607. The molecule has 28 heavy (non-hydrogen) atoms. The topological polar surface area (TPSA) is 67.4 Å². The van der Waals surface area contributed by atoms with Gasteiger partial charge in [0.2, 0.25) is 0 Å². The van der Waals surface area contributed by atoms with Crippen LogP contribution in [-0.2, 0) is 4.74 Å². The summed E-state index contributed by atoms with van der Waals surface area (Å²) in [4.78, 5) is 7.27. The van der Waals surface area contributed by atoms with Crippen molar-refractivity contribution < 1.29 is 14.2 Å². The molecular formula is C20H35IN4O3. The lowest BCUT2D eigenvalue weighted by atomic mass is 10.0. The highest BCUT2D eigenvalue weighted by atomic mass is 127. The minimum absolute atomic E-state index is 0. The third-order valence-electron chi connectivity index (χ3n) is 4.47. The van der Waals surface area contributed by atoms with Crippen LogP contribution >= 0.6 is 24.0 Å². The van der Waals surface area contributed by atoms with Gasteiger partial charge in [-0.05, 0) is 38.5 Å². The Kier molecular flexibility index (Phi) is 11.6. The van der Waals surface area contributed by atoms with E-state index in [0.29, 0.717) is 12.6 Å². The quantitative estimate of drug-likeness (QED) is 0.321. The van der Waals surface area contributed by atoms with Crippen LogP contribution in [0.5, 0.6) is 11.5 Å². The molecule has 1 heterocycles. The van der Waals surface area contributed by atoms with E-state index in [1.54, 1.807) is 14.2 Å². The summed E-state index contributed by atoms with van der Waals surface area (Å²) < 4.78 is 16.4. The number of aliphatic imine (C=N–C) groups is 1. The number of nitrogens with zero attached hydrogens (tertiary/aromatic N) is 2. The predicted octanol–water partition coefficient (Wildman–Crippen LogP) is 2.66. The van der Waals surface area contributed by atoms with Crippen molar-refractivity contribution in [2.24, 2.45) is 4.99 Å². The molecular weight excluding hydrogens is 471 g/mol. The van der Waals surface area contributed by atoms with Crippen molar-refractivity contribution in [2.75, 3.05) is 53.6 Å². The van der Waals surface area contributed by atoms with Crippen molar-refractivity contribution in [3.63, 3.8) is 0 Å². The van der Waals surface area contributed by atoms with Gasteiger partial charge in [0.1, 0.15) is 0 Å². The lowest BCUT2D eigenvalue weighted by Crippen LogP contribution is -2.43. The molecule has 0 saturated carbocycles. The minimum Gasteiger partial charge on any atom is -0.493 e. The van der Waals surface area contributed by atoms with E-state index >= 15 is 0 Å². The summed E-state index contributed by atoms with van der Waals surface area (Å²) in [6.07, 6.45) is 0. The molecule has 0 aromatic heterocycles. The van der Waals surface area contributed by atoms with Crippen LogP contribution in [0.2, 0.25) is 0 Å². The van der Waals surface area contributed by atoms with Gasteiger partial charge in [-0.25, -0.2) is 0 Å². The van der Waals surface area contributed by atoms with Crippen LogP contribution in [0.15, 0.2) is 23.2 Å². The Hall–Kier alpha value is -1.26. The van der Waals surface area contributed by atoms with Gasteiger partial charge in [0, 0.05) is 25.7 Å². The second kappa shape index (κ2) is 13.1. The summed E-state index contributed by atoms with van der Waals surface area (Å²) in [6.45, 7) is 11.1. The van der Waals surface area contributed by atoms with Crippen LogP contribution in [0.4, 0.5) is 0 Å². The molecule has 2 rings (SSSR count). The maximum atomic E-state index is 5.54. The summed E-state index contributed by atoms with van der Waals surface area (Å²) in [6, 6.07) is 6.59. The van der Waals surface area contributed by atoms with Crippen molar-refractivity contribution in [1.82, 2.24) is 15.5 Å². The number of hydrogen-bond donors (Lipinski definition) is 2. The molecule has 1 atom stereocenters. The van der Waals surface area contributed by atoms with Gasteiger partial charge >= 0.3 is 0 Å². The Morgan fingerprint density at radius 2 is 1.86 bits per heavy atom. The van der Waals surface area contributed by atoms with Crippen LogP contribution in [0.1, 0.15) is 32.4 Å². The van der Waals surface area contributed by atoms with E-state index in [1.165, 1.54) is 5.56 Å². The smallest absolute Gasteiger partial charge is 0.191 e. The van der Waals surface area contributed by atoms with E-state index in [0.717, 1.165) is 50.3 Å². The highest BCUT2D eigenvalue weighted by molar-refractivity contribution is 14.0. The lowest BCUT2D eigenvalue weighted by Gasteiger charge is -2.34. The zero-order valence-corrected chi connectivity index (χ0v) is 20.0. The number of methoxy groups -OCH3 is 2. The van der Waals surface area contributed by atoms with Crippen LogP contribution in [0, 0.1) is 0 Å². The van der Waals surface area contributed by atoms with Crippen molar-refractivity contribution in [1.29, 1.82) is 0 Å². The summed E-state index contributed by atoms with van der Waals surface area (Å²) in [5.74, 6) is 2.32. The van der Waals surface area contributed by atoms with E-state index in [1.807, 2.05) is 6.07 Å². The fourth-order valence-electron chi connectivity index (χ4n) is 3.15. The highest BCUT2D eigenvalue weighted by Gasteiger charge is 2.24. The fraction of sp³-hybridized carbons (Fsp3) is 0.650. The molecule has 160 valence electrons. The first kappa shape index (κ1) is 24.8. The average molecular weight is 506 g/mol. The highest BCUT2D eigenvalue weighted by Crippen LogP contribution is 2.32. The Labute approximate surface area is 186 Å². The van der Waals surface area contributed by atoms with E-state index in [2.05, 4.69) is 48.4 Å². The maximum absolute atomic E-state index is 5.54. The number of hydrogen-bond acceptors (Lipinski definition) is 5. The molecule has 0 amide bonds. The normalized spacial score (nSPS) is 16.3. The van der Waals surface area contributed by atoms with Gasteiger partial charge in [0.05, 0.1) is 40.0 Å². The molecule has 1 saturated heterocycles. The van der Waals surface area contributed by atoms with Crippen molar-refractivity contribution >= 4 is 29.9 Å². The number of halogens is 1. The van der Waals surface area contributed by atoms with Gasteiger partial charge in [-0.2, -0.15) is 0 Å². The number of rotatable bonds is 8. The maximum Gasteiger partial charge on any atom is 0.191 e. The fourth-order valence-corrected chi connectivity index (χ4v) is 3.15. The van der Waals surface area contributed by atoms with Gasteiger partial charge in [0.15, 0.2) is 17.5 Å². The van der Waals surface area contributed by atoms with E-state index in [9.17, 15) is 0 Å². The molecule has 0 radical (unpaired) electrons. The number of nitrogens with one attached hydrogen (secondary N) is 2. The first-order chi connectivity index (χ1) is 13.1. The van der Waals surface area contributed by atoms with Crippen LogP contribution < -0.4 is 20.1 Å². The molecule has 1 fully saturated rings. The lowest BCUT2D eigenvalue weighted by molar-refractivity contribution is 0.0179. The first-order valence-corrected chi connectivity index (χ1v) is 9.67. The van der Waals surface area contributed by atoms with Crippen LogP contribution in [0.3, 0.4) is 0 Å². The third-order valence-corrected chi connectivity index (χ3v) is 4.47. The molecule has 7 nitrogen and oxygen atoms in total. The molecule has 2 N–H and O–H groups in total. The predicted molar refractivity (Wildman–Crippen MR) is 124 cm³/mol. The SMILES string of the molecule is CCNC(=NCC(c1ccc(OC)c(OC)c1)N1CCOCC1)NC(C)C.I. The number of ether oxygens (including phenoxy) is 3. The Balaban J connectivity index is 0.00000392. The standard InChI is InChI=1S/C20H34N4O3.HI/c1-6-21-20(23-15(2)3)22-14-17(24-9-11-27-12-10-24)16-7-8-18(25-4)19(13-16)26-5;/h7-8,13,15,17H,6,9-12,14H2,1-5H3,(H2,21,22,23);1H. The molecule has 8 heteroatoms. The average Bonchev–Trinajstić information content (AvgIpc) is 2.68. The molecule has 1 aliphatic heterocycles. The van der Waals surface area contributed by atoms with Crippen molar-refractivity contribution in [3.05, 3.63) is 23.8 Å². The minimum atomic E-state index is 0. The number of benzene rings is 1. The molecule has 1 aliphatic rings. The summed E-state index contributed by atoms with van der Waals surface area (Å²) >= 11 is 0. The van der Waals surface area contributed by atoms with Crippen molar-refractivity contribution in [3.8, 4) is 11.5 Å². The molecule has 1 aromatic rings. The molecule has 0 bridgehead atoms. The van der Waals surface area contributed by atoms with Gasteiger partial charge in [0.25, 0.3) is 0 Å². The van der Waals surface area contributed by atoms with Gasteiger partial charge in [-0.15, -0.1) is 24.0 Å². The van der Waals surface area contributed by atoms with E-state index in [-0.39, 0.29) is 30.0 Å². The molecule has 0 spiro atoms. The second-order valence-electron chi connectivity index (χ2n) is 6.80. The van der Waals surface area contributed by atoms with E-state index < -0.39 is 0 Å². The Morgan fingerprint density at radius 3 is 2.43 bits per heavy atom. The zero-order chi connectivity index (χ0) is 19.6. The van der Waals surface area contributed by atoms with Crippen molar-refractivity contribution in [2.45, 2.75) is 32.9 Å². The monoisotopic (exact) mass is 506 g/mol. The van der Waals surface area contributed by atoms with Gasteiger partial charge < -0.3 is 24.8 Å². The van der Waals surface area contributed by atoms with Crippen LogP contribution in [-0.4, -0.2) is 70.5 Å². The Morgan fingerprint density at radius 1 is 1.18 bits per heavy atom. The first-order valence-electron chi connectivity index (χ1n) is 9.67. The molecule has 1 aromatic carbocycles. The van der Waals surface area contributed by atoms with Crippen LogP contribution in [0.25, 0.3) is 0 Å². The summed E-state index contributed by atoms with van der Waals surface area (Å²) in [5, 5.41) is 6.70. The molecule has 0 aliphatic carbocycles. The summed E-state index contributed by atoms with van der Waals surface area (Å²) in [7, 11) is 3.32.